The van der Waals surface area contributed by atoms with Crippen LogP contribution >= 0.6 is 0 Å². The van der Waals surface area contributed by atoms with Crippen LogP contribution in [0.5, 0.6) is 0 Å². The molecule has 2 amide bonds. The third-order valence-corrected chi connectivity index (χ3v) is 5.39. The molecule has 1 aliphatic carbocycles. The number of amides is 2. The van der Waals surface area contributed by atoms with Gasteiger partial charge in [-0.05, 0) is 27.7 Å². The van der Waals surface area contributed by atoms with Gasteiger partial charge in [-0.15, -0.1) is 0 Å². The highest BCUT2D eigenvalue weighted by molar-refractivity contribution is 5.87. The molecule has 0 spiro atoms. The summed E-state index contributed by atoms with van der Waals surface area (Å²) in [6, 6.07) is 15.3. The smallest absolute Gasteiger partial charge is 0.407 e. The Morgan fingerprint density at radius 1 is 1.03 bits per heavy atom. The summed E-state index contributed by atoms with van der Waals surface area (Å²) in [6.45, 7) is 5.68. The van der Waals surface area contributed by atoms with Crippen LogP contribution in [0.3, 0.4) is 0 Å². The maximum absolute atomic E-state index is 12.6. The van der Waals surface area contributed by atoms with Crippen molar-refractivity contribution < 1.29 is 24.2 Å². The van der Waals surface area contributed by atoms with Crippen LogP contribution in [-0.4, -0.2) is 42.3 Å². The number of alkyl carbamates (subject to hydrolysis) is 1. The molecule has 2 aromatic rings. The second-order valence-electron chi connectivity index (χ2n) is 8.75. The second-order valence-corrected chi connectivity index (χ2v) is 8.75. The van der Waals surface area contributed by atoms with E-state index in [1.165, 1.54) is 6.08 Å². The summed E-state index contributed by atoms with van der Waals surface area (Å²) >= 11 is 0. The zero-order chi connectivity index (χ0) is 23.3. The van der Waals surface area contributed by atoms with Crippen LogP contribution in [0, 0.1) is 5.41 Å². The monoisotopic (exact) mass is 436 g/mol. The summed E-state index contributed by atoms with van der Waals surface area (Å²) in [5, 5.41) is 13.9. The van der Waals surface area contributed by atoms with E-state index in [-0.39, 0.29) is 19.1 Å². The molecule has 32 heavy (non-hydrogen) atoms. The van der Waals surface area contributed by atoms with Crippen molar-refractivity contribution in [1.82, 2.24) is 10.6 Å². The highest BCUT2D eigenvalue weighted by Gasteiger charge is 2.34. The number of nitrogens with one attached hydrogen (secondary N) is 2. The number of carboxylic acid groups (broad SMARTS) is 1. The van der Waals surface area contributed by atoms with E-state index >= 15 is 0 Å². The Morgan fingerprint density at radius 2 is 1.59 bits per heavy atom. The minimum atomic E-state index is -1.09. The van der Waals surface area contributed by atoms with Gasteiger partial charge in [0, 0.05) is 18.5 Å². The first-order valence-electron chi connectivity index (χ1n) is 10.5. The molecule has 3 rings (SSSR count). The molecule has 0 fully saturated rings. The van der Waals surface area contributed by atoms with E-state index in [4.69, 9.17) is 9.84 Å². The molecule has 0 aliphatic heterocycles. The summed E-state index contributed by atoms with van der Waals surface area (Å²) in [4.78, 5) is 35.7. The van der Waals surface area contributed by atoms with Gasteiger partial charge in [0.1, 0.15) is 12.6 Å². The first-order valence-corrected chi connectivity index (χ1v) is 10.5. The molecule has 0 bridgehead atoms. The first kappa shape index (κ1) is 23.1. The van der Waals surface area contributed by atoms with Gasteiger partial charge in [0.2, 0.25) is 5.91 Å². The van der Waals surface area contributed by atoms with Crippen LogP contribution in [0.4, 0.5) is 4.79 Å². The summed E-state index contributed by atoms with van der Waals surface area (Å²) in [6.07, 6.45) is 1.60. The SMILES string of the molecule is CC(C)(C)[C@@H](NC(=O)OCC1c2ccccc2-c2ccccc21)C(=O)NC/C=C/C(=O)O. The van der Waals surface area contributed by atoms with Gasteiger partial charge in [0.25, 0.3) is 0 Å². The zero-order valence-electron chi connectivity index (χ0n) is 18.4. The highest BCUT2D eigenvalue weighted by atomic mass is 16.5. The molecule has 0 heterocycles. The molecule has 1 aliphatic rings. The second kappa shape index (κ2) is 9.68. The van der Waals surface area contributed by atoms with Crippen molar-refractivity contribution in [2.24, 2.45) is 5.41 Å². The van der Waals surface area contributed by atoms with E-state index in [0.29, 0.717) is 0 Å². The molecule has 168 valence electrons. The number of hydrogen-bond donors (Lipinski definition) is 3. The van der Waals surface area contributed by atoms with Crippen molar-refractivity contribution in [2.75, 3.05) is 13.2 Å². The van der Waals surface area contributed by atoms with Crippen LogP contribution < -0.4 is 10.6 Å². The Labute approximate surface area is 187 Å². The standard InChI is InChI=1S/C25H28N2O5/c1-25(2,3)22(23(30)26-14-8-13-21(28)29)27-24(31)32-15-20-18-11-6-4-9-16(18)17-10-5-7-12-19(17)20/h4-13,20,22H,14-15H2,1-3H3,(H,26,30)(H,27,31)(H,28,29)/b13-8+/t22-/m0/s1. The minimum Gasteiger partial charge on any atom is -0.478 e. The van der Waals surface area contributed by atoms with E-state index in [0.717, 1.165) is 28.3 Å². The van der Waals surface area contributed by atoms with E-state index < -0.39 is 29.4 Å². The Balaban J connectivity index is 1.65. The van der Waals surface area contributed by atoms with Gasteiger partial charge in [-0.2, -0.15) is 0 Å². The zero-order valence-corrected chi connectivity index (χ0v) is 18.4. The van der Waals surface area contributed by atoms with Gasteiger partial charge < -0.3 is 20.5 Å². The van der Waals surface area contributed by atoms with Gasteiger partial charge in [-0.1, -0.05) is 75.4 Å². The molecule has 2 aromatic carbocycles. The Kier molecular flexibility index (Phi) is 6.98. The Hall–Kier alpha value is -3.61. The molecular weight excluding hydrogens is 408 g/mol. The third kappa shape index (κ3) is 5.35. The quantitative estimate of drug-likeness (QED) is 0.574. The Morgan fingerprint density at radius 3 is 2.12 bits per heavy atom. The van der Waals surface area contributed by atoms with Crippen LogP contribution in [0.25, 0.3) is 11.1 Å². The van der Waals surface area contributed by atoms with Crippen molar-refractivity contribution in [3.8, 4) is 11.1 Å². The summed E-state index contributed by atoms with van der Waals surface area (Å²) < 4.78 is 5.55. The molecule has 0 aromatic heterocycles. The average Bonchev–Trinajstić information content (AvgIpc) is 3.06. The maximum Gasteiger partial charge on any atom is 0.407 e. The maximum atomic E-state index is 12.6. The summed E-state index contributed by atoms with van der Waals surface area (Å²) in [5.41, 5.74) is 3.91. The molecule has 0 unspecified atom stereocenters. The number of benzene rings is 2. The number of hydrogen-bond acceptors (Lipinski definition) is 4. The molecule has 0 saturated carbocycles. The van der Waals surface area contributed by atoms with E-state index in [9.17, 15) is 14.4 Å². The van der Waals surface area contributed by atoms with Crippen molar-refractivity contribution in [3.05, 3.63) is 71.8 Å². The topological polar surface area (TPSA) is 105 Å². The number of carbonyl (C=O) groups is 3. The lowest BCUT2D eigenvalue weighted by Gasteiger charge is -2.30. The lowest BCUT2D eigenvalue weighted by molar-refractivity contribution is -0.131. The van der Waals surface area contributed by atoms with Gasteiger partial charge in [-0.25, -0.2) is 9.59 Å². The number of aliphatic carboxylic acids is 1. The average molecular weight is 437 g/mol. The normalized spacial score (nSPS) is 13.8. The fourth-order valence-electron chi connectivity index (χ4n) is 3.85. The number of rotatable bonds is 7. The lowest BCUT2D eigenvalue weighted by atomic mass is 9.86. The van der Waals surface area contributed by atoms with Crippen LogP contribution in [0.15, 0.2) is 60.7 Å². The minimum absolute atomic E-state index is 0.0457. The van der Waals surface area contributed by atoms with Gasteiger partial charge in [-0.3, -0.25) is 4.79 Å². The van der Waals surface area contributed by atoms with Crippen molar-refractivity contribution in [2.45, 2.75) is 32.7 Å². The number of ether oxygens (including phenoxy) is 1. The molecule has 7 heteroatoms. The van der Waals surface area contributed by atoms with Gasteiger partial charge in [0.15, 0.2) is 0 Å². The number of carboxylic acids is 1. The van der Waals surface area contributed by atoms with Crippen LogP contribution in [0.1, 0.15) is 37.8 Å². The van der Waals surface area contributed by atoms with Crippen molar-refractivity contribution in [3.63, 3.8) is 0 Å². The lowest BCUT2D eigenvalue weighted by Crippen LogP contribution is -2.53. The third-order valence-electron chi connectivity index (χ3n) is 5.39. The predicted molar refractivity (Wildman–Crippen MR) is 121 cm³/mol. The van der Waals surface area contributed by atoms with Gasteiger partial charge >= 0.3 is 12.1 Å². The number of fused-ring (bicyclic) bond motifs is 3. The fraction of sp³-hybridized carbons (Fsp3) is 0.320. The van der Waals surface area contributed by atoms with Crippen molar-refractivity contribution >= 4 is 18.0 Å². The molecule has 1 atom stereocenters. The molecular formula is C25H28N2O5. The van der Waals surface area contributed by atoms with Crippen LogP contribution in [0.2, 0.25) is 0 Å². The van der Waals surface area contributed by atoms with Crippen molar-refractivity contribution in [1.29, 1.82) is 0 Å². The number of carbonyl (C=O) groups excluding carboxylic acids is 2. The molecule has 3 N–H and O–H groups in total. The predicted octanol–water partition coefficient (Wildman–Crippen LogP) is 3.70. The fourth-order valence-corrected chi connectivity index (χ4v) is 3.85. The molecule has 0 saturated heterocycles. The van der Waals surface area contributed by atoms with E-state index in [1.54, 1.807) is 0 Å². The van der Waals surface area contributed by atoms with Gasteiger partial charge in [0.05, 0.1) is 0 Å². The van der Waals surface area contributed by atoms with E-state index in [2.05, 4.69) is 22.8 Å². The Bertz CT molecular complexity index is 993. The highest BCUT2D eigenvalue weighted by Crippen LogP contribution is 2.44. The first-order chi connectivity index (χ1) is 15.2. The summed E-state index contributed by atoms with van der Waals surface area (Å²) in [7, 11) is 0. The van der Waals surface area contributed by atoms with Crippen LogP contribution in [-0.2, 0) is 14.3 Å². The summed E-state index contributed by atoms with van der Waals surface area (Å²) in [5.74, 6) is -1.58. The largest absolute Gasteiger partial charge is 0.478 e. The molecule has 0 radical (unpaired) electrons. The van der Waals surface area contributed by atoms with E-state index in [1.807, 2.05) is 57.2 Å². The molecule has 7 nitrogen and oxygen atoms in total.